The smallest absolute Gasteiger partial charge is 0.223 e. The topological polar surface area (TPSA) is 44.4 Å². The van der Waals surface area contributed by atoms with E-state index >= 15 is 0 Å². The van der Waals surface area contributed by atoms with E-state index in [-0.39, 0.29) is 5.92 Å². The number of nitrogens with one attached hydrogen (secondary N) is 2. The molecule has 1 amide bonds. The first-order chi connectivity index (χ1) is 8.25. The fourth-order valence-corrected chi connectivity index (χ4v) is 3.80. The Balaban J connectivity index is 1.55. The molecule has 96 valence electrons. The largest absolute Gasteiger partial charge is 0.351 e. The Hall–Kier alpha value is -0.610. The maximum absolute atomic E-state index is 12.2. The average molecular weight is 237 g/mol. The zero-order chi connectivity index (χ0) is 11.8. The lowest BCUT2D eigenvalue weighted by Gasteiger charge is -2.27. The van der Waals surface area contributed by atoms with Crippen LogP contribution in [0.3, 0.4) is 0 Å². The molecule has 3 rings (SSSR count). The van der Waals surface area contributed by atoms with Gasteiger partial charge in [-0.25, -0.2) is 0 Å². The monoisotopic (exact) mass is 237 g/mol. The summed E-state index contributed by atoms with van der Waals surface area (Å²) in [5.74, 6) is 0.554. The predicted molar refractivity (Wildman–Crippen MR) is 66.7 cm³/mol. The molecule has 2 bridgehead atoms. The van der Waals surface area contributed by atoms with Crippen LogP contribution in [0.4, 0.5) is 0 Å². The molecule has 3 heterocycles. The summed E-state index contributed by atoms with van der Waals surface area (Å²) in [6.07, 6.45) is 5.75. The SMILES string of the molecule is CN1[C@@H]2CC[C@H]1[C@@H](NC(=O)C1CCNCC1)C2. The molecule has 0 saturated carbocycles. The molecule has 0 aromatic rings. The third-order valence-electron chi connectivity index (χ3n) is 4.92. The first-order valence-electron chi connectivity index (χ1n) is 6.99. The van der Waals surface area contributed by atoms with Gasteiger partial charge >= 0.3 is 0 Å². The van der Waals surface area contributed by atoms with Crippen LogP contribution in [0.25, 0.3) is 0 Å². The zero-order valence-electron chi connectivity index (χ0n) is 10.6. The van der Waals surface area contributed by atoms with Crippen molar-refractivity contribution in [1.29, 1.82) is 0 Å². The van der Waals surface area contributed by atoms with Gasteiger partial charge in [0, 0.05) is 24.0 Å². The van der Waals surface area contributed by atoms with Gasteiger partial charge in [-0.1, -0.05) is 0 Å². The van der Waals surface area contributed by atoms with Crippen molar-refractivity contribution in [3.05, 3.63) is 0 Å². The van der Waals surface area contributed by atoms with Crippen molar-refractivity contribution in [2.24, 2.45) is 5.92 Å². The Morgan fingerprint density at radius 3 is 2.59 bits per heavy atom. The van der Waals surface area contributed by atoms with Gasteiger partial charge in [-0.2, -0.15) is 0 Å². The van der Waals surface area contributed by atoms with Crippen LogP contribution in [0.15, 0.2) is 0 Å². The minimum Gasteiger partial charge on any atom is -0.351 e. The summed E-state index contributed by atoms with van der Waals surface area (Å²) >= 11 is 0. The van der Waals surface area contributed by atoms with Crippen LogP contribution >= 0.6 is 0 Å². The quantitative estimate of drug-likeness (QED) is 0.728. The number of amides is 1. The molecule has 0 spiro atoms. The number of rotatable bonds is 2. The molecule has 3 saturated heterocycles. The van der Waals surface area contributed by atoms with E-state index in [2.05, 4.69) is 22.6 Å². The molecular weight excluding hydrogens is 214 g/mol. The van der Waals surface area contributed by atoms with Crippen molar-refractivity contribution in [3.63, 3.8) is 0 Å². The van der Waals surface area contributed by atoms with Crippen LogP contribution in [-0.2, 0) is 4.79 Å². The normalized spacial score (nSPS) is 38.5. The molecule has 3 atom stereocenters. The van der Waals surface area contributed by atoms with E-state index in [1.54, 1.807) is 0 Å². The molecule has 17 heavy (non-hydrogen) atoms. The number of hydrogen-bond acceptors (Lipinski definition) is 3. The van der Waals surface area contributed by atoms with E-state index in [1.165, 1.54) is 12.8 Å². The first-order valence-corrected chi connectivity index (χ1v) is 6.99. The molecule has 0 radical (unpaired) electrons. The van der Waals surface area contributed by atoms with E-state index in [0.29, 0.717) is 18.0 Å². The summed E-state index contributed by atoms with van der Waals surface area (Å²) in [5.41, 5.74) is 0. The van der Waals surface area contributed by atoms with Gasteiger partial charge in [0.05, 0.1) is 0 Å². The maximum atomic E-state index is 12.2. The highest BCUT2D eigenvalue weighted by Gasteiger charge is 2.44. The second-order valence-corrected chi connectivity index (χ2v) is 5.84. The van der Waals surface area contributed by atoms with Gasteiger partial charge in [-0.3, -0.25) is 9.69 Å². The van der Waals surface area contributed by atoms with Gasteiger partial charge in [-0.05, 0) is 52.2 Å². The Kier molecular flexibility index (Phi) is 3.09. The predicted octanol–water partition coefficient (Wildman–Crippen LogP) is 0.337. The van der Waals surface area contributed by atoms with E-state index in [0.717, 1.165) is 38.4 Å². The van der Waals surface area contributed by atoms with E-state index < -0.39 is 0 Å². The Morgan fingerprint density at radius 2 is 2.00 bits per heavy atom. The lowest BCUT2D eigenvalue weighted by molar-refractivity contribution is -0.126. The van der Waals surface area contributed by atoms with Gasteiger partial charge in [-0.15, -0.1) is 0 Å². The molecule has 3 aliphatic rings. The highest BCUT2D eigenvalue weighted by molar-refractivity contribution is 5.79. The number of fused-ring (bicyclic) bond motifs is 2. The Labute approximate surface area is 103 Å². The molecule has 2 N–H and O–H groups in total. The third-order valence-corrected chi connectivity index (χ3v) is 4.92. The minimum absolute atomic E-state index is 0.251. The minimum atomic E-state index is 0.251. The van der Waals surface area contributed by atoms with Gasteiger partial charge < -0.3 is 10.6 Å². The van der Waals surface area contributed by atoms with Crippen LogP contribution in [0, 0.1) is 5.92 Å². The lowest BCUT2D eigenvalue weighted by atomic mass is 9.93. The number of carbonyl (C=O) groups is 1. The van der Waals surface area contributed by atoms with Crippen LogP contribution in [0.2, 0.25) is 0 Å². The number of nitrogens with zero attached hydrogens (tertiary/aromatic N) is 1. The van der Waals surface area contributed by atoms with Crippen LogP contribution in [0.5, 0.6) is 0 Å². The van der Waals surface area contributed by atoms with Crippen molar-refractivity contribution in [2.75, 3.05) is 20.1 Å². The van der Waals surface area contributed by atoms with Gasteiger partial charge in [0.25, 0.3) is 0 Å². The lowest BCUT2D eigenvalue weighted by Crippen LogP contribution is -2.47. The zero-order valence-corrected chi connectivity index (χ0v) is 10.6. The summed E-state index contributed by atoms with van der Waals surface area (Å²) in [4.78, 5) is 14.6. The number of piperidine rings is 1. The first kappa shape index (κ1) is 11.5. The highest BCUT2D eigenvalue weighted by Crippen LogP contribution is 2.36. The molecule has 0 aromatic heterocycles. The van der Waals surface area contributed by atoms with E-state index in [4.69, 9.17) is 0 Å². The second kappa shape index (κ2) is 4.58. The number of hydrogen-bond donors (Lipinski definition) is 2. The second-order valence-electron chi connectivity index (χ2n) is 5.84. The van der Waals surface area contributed by atoms with Crippen molar-refractivity contribution in [1.82, 2.24) is 15.5 Å². The molecule has 3 fully saturated rings. The maximum Gasteiger partial charge on any atom is 0.223 e. The summed E-state index contributed by atoms with van der Waals surface area (Å²) in [6, 6.07) is 1.74. The van der Waals surface area contributed by atoms with Crippen molar-refractivity contribution < 1.29 is 4.79 Å². The van der Waals surface area contributed by atoms with Crippen LogP contribution in [-0.4, -0.2) is 49.1 Å². The van der Waals surface area contributed by atoms with Gasteiger partial charge in [0.1, 0.15) is 0 Å². The molecule has 3 aliphatic heterocycles. The summed E-state index contributed by atoms with van der Waals surface area (Å²) in [5, 5.41) is 6.61. The summed E-state index contributed by atoms with van der Waals surface area (Å²) in [6.45, 7) is 1.99. The van der Waals surface area contributed by atoms with Crippen molar-refractivity contribution in [2.45, 2.75) is 50.2 Å². The average Bonchev–Trinajstić information content (AvgIpc) is 2.86. The summed E-state index contributed by atoms with van der Waals surface area (Å²) < 4.78 is 0. The fraction of sp³-hybridized carbons (Fsp3) is 0.923. The fourth-order valence-electron chi connectivity index (χ4n) is 3.80. The molecule has 4 nitrogen and oxygen atoms in total. The Bertz CT molecular complexity index is 301. The van der Waals surface area contributed by atoms with Crippen molar-refractivity contribution >= 4 is 5.91 Å². The molecule has 0 aliphatic carbocycles. The van der Waals surface area contributed by atoms with Gasteiger partial charge in [0.15, 0.2) is 0 Å². The van der Waals surface area contributed by atoms with Gasteiger partial charge in [0.2, 0.25) is 5.91 Å². The molecule has 0 aromatic carbocycles. The van der Waals surface area contributed by atoms with Crippen LogP contribution in [0.1, 0.15) is 32.1 Å². The summed E-state index contributed by atoms with van der Waals surface area (Å²) in [7, 11) is 2.21. The Morgan fingerprint density at radius 1 is 1.24 bits per heavy atom. The number of likely N-dealkylation sites (N-methyl/N-ethyl adjacent to an activating group) is 1. The third kappa shape index (κ3) is 2.08. The molecule has 4 heteroatoms. The van der Waals surface area contributed by atoms with Crippen molar-refractivity contribution in [3.8, 4) is 0 Å². The molecular formula is C13H23N3O. The van der Waals surface area contributed by atoms with E-state index in [9.17, 15) is 4.79 Å². The standard InChI is InChI=1S/C13H23N3O/c1-16-10-2-3-12(16)11(8-10)15-13(17)9-4-6-14-7-5-9/h9-12,14H,2-8H2,1H3,(H,15,17)/t10-,11+,12+/m1/s1. The number of carbonyl (C=O) groups excluding carboxylic acids is 1. The van der Waals surface area contributed by atoms with Crippen LogP contribution < -0.4 is 10.6 Å². The van der Waals surface area contributed by atoms with E-state index in [1.807, 2.05) is 0 Å². The molecule has 0 unspecified atom stereocenters. The highest BCUT2D eigenvalue weighted by atomic mass is 16.2.